The molecule has 0 aliphatic rings. The highest BCUT2D eigenvalue weighted by Gasteiger charge is 2.34. The number of nitrogens with one attached hydrogen (secondary N) is 2. The van der Waals surface area contributed by atoms with Crippen LogP contribution in [0, 0.1) is 11.7 Å². The predicted octanol–water partition coefficient (Wildman–Crippen LogP) is 3.48. The van der Waals surface area contributed by atoms with E-state index in [4.69, 9.17) is 0 Å². The summed E-state index contributed by atoms with van der Waals surface area (Å²) < 4.78 is 52.5. The molecule has 0 bridgehead atoms. The summed E-state index contributed by atoms with van der Waals surface area (Å²) in [7, 11) is 0. The van der Waals surface area contributed by atoms with E-state index in [9.17, 15) is 27.2 Å². The summed E-state index contributed by atoms with van der Waals surface area (Å²) in [4.78, 5) is 28.2. The number of amides is 2. The van der Waals surface area contributed by atoms with Crippen molar-refractivity contribution in [1.29, 1.82) is 0 Å². The molecule has 1 aromatic carbocycles. The van der Waals surface area contributed by atoms with Crippen LogP contribution in [0.5, 0.6) is 0 Å². The van der Waals surface area contributed by atoms with E-state index in [1.807, 2.05) is 0 Å². The van der Waals surface area contributed by atoms with Crippen molar-refractivity contribution in [3.63, 3.8) is 0 Å². The molecule has 0 saturated carbocycles. The van der Waals surface area contributed by atoms with Gasteiger partial charge in [0.2, 0.25) is 5.91 Å². The molecule has 0 atom stereocenters. The van der Waals surface area contributed by atoms with Crippen LogP contribution in [-0.2, 0) is 23.9 Å². The minimum absolute atomic E-state index is 0.132. The number of halogens is 4. The normalized spacial score (nSPS) is 11.4. The van der Waals surface area contributed by atoms with Gasteiger partial charge in [0.15, 0.2) is 0 Å². The molecule has 0 spiro atoms. The predicted molar refractivity (Wildman–Crippen MR) is 98.4 cm³/mol. The minimum atomic E-state index is -4.82. The fourth-order valence-electron chi connectivity index (χ4n) is 2.56. The molecule has 2 N–H and O–H groups in total. The smallest absolute Gasteiger partial charge is 0.355 e. The SMILES string of the molecule is CC(C)C(=O)NCCc1ncccc1C(=O)NCc1cccc(C(F)(F)F)c1F. The summed E-state index contributed by atoms with van der Waals surface area (Å²) in [5.41, 5.74) is -1.03. The summed E-state index contributed by atoms with van der Waals surface area (Å²) in [5.74, 6) is -2.32. The maximum atomic E-state index is 14.1. The topological polar surface area (TPSA) is 71.1 Å². The van der Waals surface area contributed by atoms with Crippen molar-refractivity contribution in [2.45, 2.75) is 33.0 Å². The van der Waals surface area contributed by atoms with Gasteiger partial charge in [-0.25, -0.2) is 4.39 Å². The number of benzene rings is 1. The molecule has 9 heteroatoms. The van der Waals surface area contributed by atoms with Crippen molar-refractivity contribution in [2.75, 3.05) is 6.54 Å². The highest BCUT2D eigenvalue weighted by atomic mass is 19.4. The van der Waals surface area contributed by atoms with Crippen LogP contribution >= 0.6 is 0 Å². The summed E-state index contributed by atoms with van der Waals surface area (Å²) in [5, 5.41) is 5.13. The number of nitrogens with zero attached hydrogens (tertiary/aromatic N) is 1. The molecule has 5 nitrogen and oxygen atoms in total. The maximum Gasteiger partial charge on any atom is 0.419 e. The van der Waals surface area contributed by atoms with Gasteiger partial charge in [-0.15, -0.1) is 0 Å². The van der Waals surface area contributed by atoms with Crippen LogP contribution < -0.4 is 10.6 Å². The monoisotopic (exact) mass is 411 g/mol. The van der Waals surface area contributed by atoms with Crippen molar-refractivity contribution in [3.05, 3.63) is 64.7 Å². The Kier molecular flexibility index (Phi) is 7.30. The molecular weight excluding hydrogens is 390 g/mol. The van der Waals surface area contributed by atoms with Gasteiger partial charge >= 0.3 is 6.18 Å². The second-order valence-electron chi connectivity index (χ2n) is 6.65. The van der Waals surface area contributed by atoms with Gasteiger partial charge in [-0.2, -0.15) is 13.2 Å². The highest BCUT2D eigenvalue weighted by molar-refractivity contribution is 5.95. The average molecular weight is 411 g/mol. The lowest BCUT2D eigenvalue weighted by atomic mass is 10.1. The Morgan fingerprint density at radius 1 is 1.10 bits per heavy atom. The number of carbonyl (C=O) groups is 2. The molecule has 0 unspecified atom stereocenters. The van der Waals surface area contributed by atoms with Crippen LogP contribution in [0.3, 0.4) is 0 Å². The summed E-state index contributed by atoms with van der Waals surface area (Å²) >= 11 is 0. The third-order valence-corrected chi connectivity index (χ3v) is 4.14. The number of alkyl halides is 3. The van der Waals surface area contributed by atoms with E-state index < -0.39 is 30.0 Å². The van der Waals surface area contributed by atoms with Gasteiger partial charge in [-0.05, 0) is 18.2 Å². The lowest BCUT2D eigenvalue weighted by Crippen LogP contribution is -2.30. The third-order valence-electron chi connectivity index (χ3n) is 4.14. The molecule has 0 aliphatic carbocycles. The number of carbonyl (C=O) groups excluding carboxylic acids is 2. The van der Waals surface area contributed by atoms with Gasteiger partial charge in [0, 0.05) is 37.2 Å². The zero-order valence-corrected chi connectivity index (χ0v) is 15.9. The van der Waals surface area contributed by atoms with Gasteiger partial charge in [0.25, 0.3) is 5.91 Å². The van der Waals surface area contributed by atoms with Crippen molar-refractivity contribution >= 4 is 11.8 Å². The van der Waals surface area contributed by atoms with E-state index >= 15 is 0 Å². The van der Waals surface area contributed by atoms with Crippen LogP contribution in [0.1, 0.15) is 41.0 Å². The summed E-state index contributed by atoms with van der Waals surface area (Å²) in [6.07, 6.45) is -3.04. The number of hydrogen-bond acceptors (Lipinski definition) is 3. The Morgan fingerprint density at radius 2 is 1.83 bits per heavy atom. The first-order chi connectivity index (χ1) is 13.6. The Hall–Kier alpha value is -2.97. The summed E-state index contributed by atoms with van der Waals surface area (Å²) in [6.45, 7) is 3.37. The van der Waals surface area contributed by atoms with Gasteiger partial charge in [0.1, 0.15) is 5.82 Å². The Bertz CT molecular complexity index is 882. The maximum absolute atomic E-state index is 14.1. The fourth-order valence-corrected chi connectivity index (χ4v) is 2.56. The second kappa shape index (κ2) is 9.49. The van der Waals surface area contributed by atoms with E-state index in [0.29, 0.717) is 18.2 Å². The molecule has 156 valence electrons. The largest absolute Gasteiger partial charge is 0.419 e. The molecule has 2 rings (SSSR count). The van der Waals surface area contributed by atoms with Gasteiger partial charge in [-0.3, -0.25) is 14.6 Å². The second-order valence-corrected chi connectivity index (χ2v) is 6.65. The molecule has 2 amide bonds. The summed E-state index contributed by atoms with van der Waals surface area (Å²) in [6, 6.07) is 5.95. The number of pyridine rings is 1. The molecule has 1 heterocycles. The van der Waals surface area contributed by atoms with Gasteiger partial charge in [0.05, 0.1) is 16.8 Å². The first-order valence-corrected chi connectivity index (χ1v) is 8.95. The van der Waals surface area contributed by atoms with Crippen molar-refractivity contribution in [3.8, 4) is 0 Å². The van der Waals surface area contributed by atoms with Crippen LogP contribution in [0.25, 0.3) is 0 Å². The molecule has 1 aromatic heterocycles. The van der Waals surface area contributed by atoms with Crippen molar-refractivity contribution < 1.29 is 27.2 Å². The van der Waals surface area contributed by atoms with Crippen LogP contribution in [0.4, 0.5) is 17.6 Å². The zero-order chi connectivity index (χ0) is 21.6. The van der Waals surface area contributed by atoms with E-state index in [1.165, 1.54) is 24.4 Å². The molecular formula is C20H21F4N3O2. The van der Waals surface area contributed by atoms with Gasteiger partial charge < -0.3 is 10.6 Å². The van der Waals surface area contributed by atoms with Crippen LogP contribution in [0.15, 0.2) is 36.5 Å². The van der Waals surface area contributed by atoms with Crippen LogP contribution in [0.2, 0.25) is 0 Å². The van der Waals surface area contributed by atoms with Crippen LogP contribution in [-0.4, -0.2) is 23.3 Å². The third kappa shape index (κ3) is 6.00. The standard InChI is InChI=1S/C20H21F4N3O2/c1-12(2)18(28)26-10-8-16-14(6-4-9-25-16)19(29)27-11-13-5-3-7-15(17(13)21)20(22,23)24/h3-7,9,12H,8,10-11H2,1-2H3,(H,26,28)(H,27,29). The molecule has 0 fully saturated rings. The van der Waals surface area contributed by atoms with Crippen molar-refractivity contribution in [1.82, 2.24) is 15.6 Å². The quantitative estimate of drug-likeness (QED) is 0.686. The molecule has 0 radical (unpaired) electrons. The lowest BCUT2D eigenvalue weighted by Gasteiger charge is -2.13. The number of rotatable bonds is 7. The van der Waals surface area contributed by atoms with Gasteiger partial charge in [-0.1, -0.05) is 26.0 Å². The Labute approximate surface area is 165 Å². The first kappa shape index (κ1) is 22.3. The highest BCUT2D eigenvalue weighted by Crippen LogP contribution is 2.32. The van der Waals surface area contributed by atoms with E-state index in [-0.39, 0.29) is 29.5 Å². The zero-order valence-electron chi connectivity index (χ0n) is 15.9. The Morgan fingerprint density at radius 3 is 2.48 bits per heavy atom. The number of hydrogen-bond donors (Lipinski definition) is 2. The molecule has 0 saturated heterocycles. The number of aromatic nitrogens is 1. The minimum Gasteiger partial charge on any atom is -0.355 e. The van der Waals surface area contributed by atoms with E-state index in [2.05, 4.69) is 15.6 Å². The molecule has 29 heavy (non-hydrogen) atoms. The first-order valence-electron chi connectivity index (χ1n) is 8.95. The van der Waals surface area contributed by atoms with E-state index in [0.717, 1.165) is 6.07 Å². The Balaban J connectivity index is 2.06. The van der Waals surface area contributed by atoms with Crippen molar-refractivity contribution in [2.24, 2.45) is 5.92 Å². The average Bonchev–Trinajstić information content (AvgIpc) is 2.66. The van der Waals surface area contributed by atoms with E-state index in [1.54, 1.807) is 13.8 Å². The molecule has 2 aromatic rings. The fraction of sp³-hybridized carbons (Fsp3) is 0.350. The lowest BCUT2D eigenvalue weighted by molar-refractivity contribution is -0.140. The molecule has 0 aliphatic heterocycles.